The van der Waals surface area contributed by atoms with Crippen LogP contribution in [0.4, 0.5) is 0 Å². The van der Waals surface area contributed by atoms with E-state index in [1.807, 2.05) is 36.5 Å². The molecule has 0 heterocycles. The standard InChI is InChI=1S/C41H74O14P2/c1-4-5-6-7-12-18-23-28-37(42)29-24-19-14-11-16-21-26-31-41(45)55-39(35-54-57(49,50)53-33-38(43)32-52-56(46,47)48)34-51-40(44)30-25-20-15-10-8-9-13-17-22-27-36(2)3/h11-12,16,18-19,23-24,28,36-39,42-43H,4-10,13-15,17,20-22,25-27,29-35H2,1-3H3,(H,49,50)(H2,46,47,48)/b16-11+,18-12-,24-19-,28-23-/t37-,38-,39+/m0/s1. The number of hydrogen-bond acceptors (Lipinski definition) is 11. The van der Waals surface area contributed by atoms with E-state index in [0.717, 1.165) is 31.6 Å². The number of allylic oxidation sites excluding steroid dienone is 6. The van der Waals surface area contributed by atoms with Crippen LogP contribution in [0.3, 0.4) is 0 Å². The normalized spacial score (nSPS) is 15.2. The summed E-state index contributed by atoms with van der Waals surface area (Å²) in [6, 6.07) is 0. The Kier molecular flexibility index (Phi) is 34.7. The minimum atomic E-state index is -4.87. The number of hydrogen-bond donors (Lipinski definition) is 5. The second-order valence-corrected chi connectivity index (χ2v) is 17.3. The van der Waals surface area contributed by atoms with Crippen LogP contribution < -0.4 is 0 Å². The molecular weight excluding hydrogens is 778 g/mol. The van der Waals surface area contributed by atoms with E-state index in [0.29, 0.717) is 32.1 Å². The highest BCUT2D eigenvalue weighted by Crippen LogP contribution is 2.43. The molecule has 0 aliphatic carbocycles. The number of aliphatic hydroxyl groups is 2. The average Bonchev–Trinajstić information content (AvgIpc) is 3.15. The molecule has 0 spiro atoms. The maximum atomic E-state index is 12.6. The van der Waals surface area contributed by atoms with E-state index >= 15 is 0 Å². The van der Waals surface area contributed by atoms with Crippen molar-refractivity contribution in [3.05, 3.63) is 48.6 Å². The zero-order valence-corrected chi connectivity index (χ0v) is 36.5. The number of ether oxygens (including phenoxy) is 2. The van der Waals surface area contributed by atoms with Crippen LogP contribution in [-0.2, 0) is 41.8 Å². The lowest BCUT2D eigenvalue weighted by molar-refractivity contribution is -0.161. The summed E-state index contributed by atoms with van der Waals surface area (Å²) < 4.78 is 47.6. The van der Waals surface area contributed by atoms with Crippen LogP contribution in [0, 0.1) is 5.92 Å². The summed E-state index contributed by atoms with van der Waals surface area (Å²) >= 11 is 0. The number of phosphoric ester groups is 2. The minimum Gasteiger partial charge on any atom is -0.462 e. The van der Waals surface area contributed by atoms with E-state index in [1.54, 1.807) is 6.08 Å². The van der Waals surface area contributed by atoms with Gasteiger partial charge in [0.05, 0.1) is 25.9 Å². The highest BCUT2D eigenvalue weighted by Gasteiger charge is 2.28. The van der Waals surface area contributed by atoms with Crippen molar-refractivity contribution in [2.24, 2.45) is 5.92 Å². The Hall–Kier alpha value is -1.96. The summed E-state index contributed by atoms with van der Waals surface area (Å²) in [5, 5.41) is 19.8. The first-order chi connectivity index (χ1) is 27.1. The molecule has 0 aliphatic rings. The summed E-state index contributed by atoms with van der Waals surface area (Å²) in [7, 11) is -9.71. The number of phosphoric acid groups is 2. The highest BCUT2D eigenvalue weighted by atomic mass is 31.2. The quantitative estimate of drug-likeness (QED) is 0.0129. The van der Waals surface area contributed by atoms with Gasteiger partial charge in [-0.15, -0.1) is 0 Å². The molecule has 0 saturated heterocycles. The Morgan fingerprint density at radius 3 is 1.89 bits per heavy atom. The molecule has 0 aromatic heterocycles. The number of carbonyl (C=O) groups excluding carboxylic acids is 2. The van der Waals surface area contributed by atoms with E-state index in [-0.39, 0.29) is 12.8 Å². The Labute approximate surface area is 342 Å². The second-order valence-electron chi connectivity index (χ2n) is 14.6. The fraction of sp³-hybridized carbons (Fsp3) is 0.756. The van der Waals surface area contributed by atoms with Crippen molar-refractivity contribution in [3.8, 4) is 0 Å². The Bertz CT molecular complexity index is 1230. The van der Waals surface area contributed by atoms with Gasteiger partial charge < -0.3 is 34.4 Å². The lowest BCUT2D eigenvalue weighted by atomic mass is 10.0. The molecule has 0 amide bonds. The third-order valence-corrected chi connectivity index (χ3v) is 9.91. The summed E-state index contributed by atoms with van der Waals surface area (Å²) in [4.78, 5) is 52.6. The lowest BCUT2D eigenvalue weighted by Gasteiger charge is -2.20. The van der Waals surface area contributed by atoms with Gasteiger partial charge in [0.25, 0.3) is 0 Å². The highest BCUT2D eigenvalue weighted by molar-refractivity contribution is 7.47. The number of unbranched alkanes of at least 4 members (excludes halogenated alkanes) is 12. The molecule has 0 bridgehead atoms. The molecule has 5 N–H and O–H groups in total. The Balaban J connectivity index is 4.71. The summed E-state index contributed by atoms with van der Waals surface area (Å²) in [5.41, 5.74) is 0. The zero-order valence-electron chi connectivity index (χ0n) is 34.7. The predicted octanol–water partition coefficient (Wildman–Crippen LogP) is 9.11. The molecule has 1 unspecified atom stereocenters. The van der Waals surface area contributed by atoms with Crippen LogP contribution in [0.5, 0.6) is 0 Å². The molecule has 0 rings (SSSR count). The first-order valence-electron chi connectivity index (χ1n) is 20.8. The van der Waals surface area contributed by atoms with Crippen LogP contribution in [0.1, 0.15) is 149 Å². The van der Waals surface area contributed by atoms with Crippen molar-refractivity contribution < 1.29 is 66.7 Å². The van der Waals surface area contributed by atoms with Gasteiger partial charge in [0, 0.05) is 12.8 Å². The van der Waals surface area contributed by atoms with E-state index in [1.165, 1.54) is 57.8 Å². The summed E-state index contributed by atoms with van der Waals surface area (Å²) in [6.07, 6.45) is 30.1. The maximum absolute atomic E-state index is 12.6. The van der Waals surface area contributed by atoms with Crippen LogP contribution in [-0.4, -0.2) is 81.6 Å². The van der Waals surface area contributed by atoms with Gasteiger partial charge in [-0.3, -0.25) is 23.2 Å². The van der Waals surface area contributed by atoms with E-state index in [4.69, 9.17) is 23.8 Å². The van der Waals surface area contributed by atoms with Crippen molar-refractivity contribution in [1.82, 2.24) is 0 Å². The fourth-order valence-corrected chi connectivity index (χ4v) is 6.41. The molecule has 57 heavy (non-hydrogen) atoms. The third-order valence-electron chi connectivity index (χ3n) is 8.47. The topological polar surface area (TPSA) is 216 Å². The van der Waals surface area contributed by atoms with E-state index in [9.17, 15) is 33.8 Å². The second kappa shape index (κ2) is 35.9. The van der Waals surface area contributed by atoms with Crippen molar-refractivity contribution in [3.63, 3.8) is 0 Å². The van der Waals surface area contributed by atoms with Crippen LogP contribution in [0.15, 0.2) is 48.6 Å². The van der Waals surface area contributed by atoms with Crippen LogP contribution >= 0.6 is 15.6 Å². The fourth-order valence-electron chi connectivity index (χ4n) is 5.25. The number of esters is 2. The molecule has 0 aromatic rings. The van der Waals surface area contributed by atoms with Crippen molar-refractivity contribution >= 4 is 27.6 Å². The first-order valence-corrected chi connectivity index (χ1v) is 23.8. The molecule has 332 valence electrons. The van der Waals surface area contributed by atoms with E-state index in [2.05, 4.69) is 35.9 Å². The molecule has 0 saturated carbocycles. The zero-order chi connectivity index (χ0) is 42.6. The molecular formula is C41H74O14P2. The van der Waals surface area contributed by atoms with Gasteiger partial charge in [-0.25, -0.2) is 9.13 Å². The SMILES string of the molecule is CCCCC/C=C\C=C/[C@H](O)C/C=C\C/C=C/CCCC(=O)O[C@H](COC(=O)CCCCCCCCCCCC(C)C)COP(=O)(O)OC[C@@H](O)COP(=O)(O)O. The average molecular weight is 853 g/mol. The molecule has 0 aliphatic heterocycles. The summed E-state index contributed by atoms with van der Waals surface area (Å²) in [6.45, 7) is 3.84. The monoisotopic (exact) mass is 852 g/mol. The smallest absolute Gasteiger partial charge is 0.462 e. The minimum absolute atomic E-state index is 0.0210. The van der Waals surface area contributed by atoms with Gasteiger partial charge in [-0.1, -0.05) is 140 Å². The van der Waals surface area contributed by atoms with Gasteiger partial charge in [0.2, 0.25) is 0 Å². The molecule has 4 atom stereocenters. The number of aliphatic hydroxyl groups excluding tert-OH is 2. The van der Waals surface area contributed by atoms with Crippen molar-refractivity contribution in [1.29, 1.82) is 0 Å². The Morgan fingerprint density at radius 1 is 0.632 bits per heavy atom. The van der Waals surface area contributed by atoms with Gasteiger partial charge in [-0.2, -0.15) is 0 Å². The van der Waals surface area contributed by atoms with E-state index < -0.39 is 72.3 Å². The van der Waals surface area contributed by atoms with Gasteiger partial charge in [0.15, 0.2) is 6.10 Å². The van der Waals surface area contributed by atoms with Crippen LogP contribution in [0.25, 0.3) is 0 Å². The van der Waals surface area contributed by atoms with Crippen LogP contribution in [0.2, 0.25) is 0 Å². The maximum Gasteiger partial charge on any atom is 0.472 e. The van der Waals surface area contributed by atoms with Gasteiger partial charge in [0.1, 0.15) is 12.7 Å². The molecule has 0 radical (unpaired) electrons. The first kappa shape index (κ1) is 55.0. The van der Waals surface area contributed by atoms with Crippen molar-refractivity contribution in [2.75, 3.05) is 26.4 Å². The molecule has 14 nitrogen and oxygen atoms in total. The largest absolute Gasteiger partial charge is 0.472 e. The summed E-state index contributed by atoms with van der Waals surface area (Å²) in [5.74, 6) is -0.390. The molecule has 0 fully saturated rings. The van der Waals surface area contributed by atoms with Crippen molar-refractivity contribution in [2.45, 2.75) is 167 Å². The number of carbonyl (C=O) groups is 2. The number of rotatable bonds is 38. The van der Waals surface area contributed by atoms with Gasteiger partial charge >= 0.3 is 27.6 Å². The molecule has 0 aromatic carbocycles. The Morgan fingerprint density at radius 2 is 1.23 bits per heavy atom. The lowest BCUT2D eigenvalue weighted by Crippen LogP contribution is -2.29. The third kappa shape index (κ3) is 40.6. The predicted molar refractivity (Wildman–Crippen MR) is 222 cm³/mol. The molecule has 16 heteroatoms. The van der Waals surface area contributed by atoms with Gasteiger partial charge in [-0.05, 0) is 50.9 Å².